The van der Waals surface area contributed by atoms with Crippen molar-refractivity contribution in [2.75, 3.05) is 14.2 Å². The minimum atomic E-state index is -0.434. The fraction of sp³-hybridized carbons (Fsp3) is 0.333. The smallest absolute Gasteiger partial charge is 0.339 e. The van der Waals surface area contributed by atoms with Gasteiger partial charge in [0.25, 0.3) is 0 Å². The van der Waals surface area contributed by atoms with E-state index in [2.05, 4.69) is 4.98 Å². The Balaban J connectivity index is 2.20. The number of rotatable bonds is 6. The first-order valence-electron chi connectivity index (χ1n) is 7.51. The number of aromatic amines is 1. The van der Waals surface area contributed by atoms with Gasteiger partial charge < -0.3 is 14.5 Å². The molecule has 0 amide bonds. The van der Waals surface area contributed by atoms with E-state index in [0.717, 1.165) is 10.6 Å². The first-order valence-corrected chi connectivity index (χ1v) is 8.39. The highest BCUT2D eigenvalue weighted by atomic mass is 32.2. The number of ketones is 1. The van der Waals surface area contributed by atoms with E-state index in [1.165, 1.54) is 18.9 Å². The lowest BCUT2D eigenvalue weighted by molar-refractivity contribution is 0.0599. The zero-order valence-corrected chi connectivity index (χ0v) is 15.2. The van der Waals surface area contributed by atoms with Gasteiger partial charge in [0.15, 0.2) is 5.78 Å². The lowest BCUT2D eigenvalue weighted by Crippen LogP contribution is -2.15. The number of hydrogen-bond donors (Lipinski definition) is 1. The summed E-state index contributed by atoms with van der Waals surface area (Å²) in [6.45, 7) is 5.37. The molecule has 1 heterocycles. The second-order valence-corrected chi connectivity index (χ2v) is 6.83. The van der Waals surface area contributed by atoms with Gasteiger partial charge in [0.2, 0.25) is 0 Å². The van der Waals surface area contributed by atoms with Crippen molar-refractivity contribution < 1.29 is 19.1 Å². The van der Waals surface area contributed by atoms with Gasteiger partial charge >= 0.3 is 5.97 Å². The van der Waals surface area contributed by atoms with Crippen molar-refractivity contribution in [2.45, 2.75) is 30.9 Å². The molecule has 0 spiro atoms. The zero-order chi connectivity index (χ0) is 17.9. The molecule has 1 aromatic carbocycles. The number of ether oxygens (including phenoxy) is 2. The van der Waals surface area contributed by atoms with Crippen molar-refractivity contribution in [3.63, 3.8) is 0 Å². The first-order chi connectivity index (χ1) is 11.4. The zero-order valence-electron chi connectivity index (χ0n) is 14.4. The maximum Gasteiger partial charge on any atom is 0.339 e. The highest BCUT2D eigenvalue weighted by Gasteiger charge is 2.25. The largest absolute Gasteiger partial charge is 0.497 e. The normalized spacial score (nSPS) is 11.9. The van der Waals surface area contributed by atoms with Crippen LogP contribution >= 0.6 is 11.8 Å². The highest BCUT2D eigenvalue weighted by Crippen LogP contribution is 2.29. The molecular weight excluding hydrogens is 326 g/mol. The number of methoxy groups -OCH3 is 2. The molecule has 5 nitrogen and oxygen atoms in total. The van der Waals surface area contributed by atoms with Crippen LogP contribution in [0.15, 0.2) is 29.2 Å². The molecule has 0 radical (unpaired) electrons. The molecule has 2 rings (SSSR count). The van der Waals surface area contributed by atoms with Crippen LogP contribution < -0.4 is 4.74 Å². The van der Waals surface area contributed by atoms with E-state index in [4.69, 9.17) is 9.47 Å². The third kappa shape index (κ3) is 3.64. The Bertz CT molecular complexity index is 749. The number of H-pyrrole nitrogens is 1. The van der Waals surface area contributed by atoms with Crippen LogP contribution in [0.3, 0.4) is 0 Å². The summed E-state index contributed by atoms with van der Waals surface area (Å²) in [5.74, 6) is 0.291. The van der Waals surface area contributed by atoms with E-state index >= 15 is 0 Å². The number of esters is 1. The molecule has 0 bridgehead atoms. The summed E-state index contributed by atoms with van der Waals surface area (Å²) in [6.07, 6.45) is 0. The lowest BCUT2D eigenvalue weighted by atomic mass is 10.1. The van der Waals surface area contributed by atoms with E-state index in [1.54, 1.807) is 21.0 Å². The van der Waals surface area contributed by atoms with Crippen molar-refractivity contribution in [1.29, 1.82) is 0 Å². The predicted molar refractivity (Wildman–Crippen MR) is 94.2 cm³/mol. The number of aromatic nitrogens is 1. The van der Waals surface area contributed by atoms with E-state index in [-0.39, 0.29) is 11.0 Å². The Kier molecular flexibility index (Phi) is 5.72. The number of thioether (sulfide) groups is 1. The summed E-state index contributed by atoms with van der Waals surface area (Å²) in [5, 5.41) is -0.291. The van der Waals surface area contributed by atoms with Crippen LogP contribution in [0.2, 0.25) is 0 Å². The second kappa shape index (κ2) is 7.57. The Morgan fingerprint density at radius 2 is 1.75 bits per heavy atom. The fourth-order valence-corrected chi connectivity index (χ4v) is 3.45. The number of carbonyl (C=O) groups is 2. The molecular formula is C18H21NO4S. The number of benzene rings is 1. The molecule has 1 N–H and O–H groups in total. The Morgan fingerprint density at radius 1 is 1.12 bits per heavy atom. The van der Waals surface area contributed by atoms with Crippen LogP contribution in [-0.2, 0) is 4.74 Å². The molecule has 0 saturated carbocycles. The van der Waals surface area contributed by atoms with E-state index in [9.17, 15) is 9.59 Å². The third-order valence-corrected chi connectivity index (χ3v) is 4.93. The summed E-state index contributed by atoms with van der Waals surface area (Å²) >= 11 is 1.46. The maximum absolute atomic E-state index is 12.7. The van der Waals surface area contributed by atoms with Crippen molar-refractivity contribution in [3.8, 4) is 5.75 Å². The van der Waals surface area contributed by atoms with Gasteiger partial charge in [0.1, 0.15) is 5.75 Å². The summed E-state index contributed by atoms with van der Waals surface area (Å²) in [6, 6.07) is 7.55. The number of carbonyl (C=O) groups excluding carboxylic acids is 2. The molecule has 6 heteroatoms. The molecule has 0 aliphatic heterocycles. The van der Waals surface area contributed by atoms with Crippen LogP contribution in [0.25, 0.3) is 0 Å². The van der Waals surface area contributed by atoms with Gasteiger partial charge in [-0.15, -0.1) is 11.8 Å². The highest BCUT2D eigenvalue weighted by molar-refractivity contribution is 8.00. The number of aryl methyl sites for hydroxylation is 1. The van der Waals surface area contributed by atoms with Gasteiger partial charge in [0.05, 0.1) is 30.7 Å². The van der Waals surface area contributed by atoms with Crippen LogP contribution in [0.4, 0.5) is 0 Å². The molecule has 0 saturated heterocycles. The van der Waals surface area contributed by atoms with Crippen molar-refractivity contribution >= 4 is 23.5 Å². The minimum Gasteiger partial charge on any atom is -0.497 e. The molecule has 0 fully saturated rings. The van der Waals surface area contributed by atoms with E-state index in [1.807, 2.05) is 31.2 Å². The quantitative estimate of drug-likeness (QED) is 0.489. The van der Waals surface area contributed by atoms with Gasteiger partial charge in [-0.05, 0) is 50.6 Å². The molecule has 0 aliphatic rings. The molecule has 0 aliphatic carbocycles. The van der Waals surface area contributed by atoms with Gasteiger partial charge in [0, 0.05) is 10.6 Å². The SMILES string of the molecule is COC(=O)c1c(C)[nH]c(C(=O)[C@@H](C)Sc2ccc(OC)cc2)c1C. The van der Waals surface area contributed by atoms with Crippen molar-refractivity contribution in [3.05, 3.63) is 46.8 Å². The average Bonchev–Trinajstić information content (AvgIpc) is 2.88. The summed E-state index contributed by atoms with van der Waals surface area (Å²) < 4.78 is 9.91. The summed E-state index contributed by atoms with van der Waals surface area (Å²) in [4.78, 5) is 28.6. The van der Waals surface area contributed by atoms with Gasteiger partial charge in [-0.3, -0.25) is 4.79 Å². The molecule has 128 valence electrons. The third-order valence-electron chi connectivity index (χ3n) is 3.81. The van der Waals surface area contributed by atoms with Crippen LogP contribution in [-0.4, -0.2) is 36.2 Å². The molecule has 1 aromatic heterocycles. The summed E-state index contributed by atoms with van der Waals surface area (Å²) in [7, 11) is 2.95. The monoisotopic (exact) mass is 347 g/mol. The number of hydrogen-bond acceptors (Lipinski definition) is 5. The first kappa shape index (κ1) is 18.1. The topological polar surface area (TPSA) is 68.4 Å². The summed E-state index contributed by atoms with van der Waals surface area (Å²) in [5.41, 5.74) is 2.17. The van der Waals surface area contributed by atoms with E-state index in [0.29, 0.717) is 22.5 Å². The Labute approximate surface area is 145 Å². The molecule has 2 aromatic rings. The van der Waals surface area contributed by atoms with Crippen LogP contribution in [0, 0.1) is 13.8 Å². The second-order valence-electron chi connectivity index (χ2n) is 5.42. The lowest BCUT2D eigenvalue weighted by Gasteiger charge is -2.10. The van der Waals surface area contributed by atoms with Crippen molar-refractivity contribution in [1.82, 2.24) is 4.98 Å². The van der Waals surface area contributed by atoms with Crippen LogP contribution in [0.5, 0.6) is 5.75 Å². The standard InChI is InChI=1S/C18H21NO4S/c1-10-15(18(21)23-5)11(2)19-16(10)17(20)12(3)24-14-8-6-13(22-4)7-9-14/h6-9,12,19H,1-5H3/t12-/m1/s1. The minimum absolute atomic E-state index is 0.0495. The van der Waals surface area contributed by atoms with Gasteiger partial charge in [-0.1, -0.05) is 0 Å². The van der Waals surface area contributed by atoms with E-state index < -0.39 is 5.97 Å². The fourth-order valence-electron chi connectivity index (χ4n) is 2.52. The Hall–Kier alpha value is -2.21. The number of Topliss-reactive ketones (excluding diaryl/α,β-unsaturated/α-hetero) is 1. The maximum atomic E-state index is 12.7. The molecule has 24 heavy (non-hydrogen) atoms. The van der Waals surface area contributed by atoms with Gasteiger partial charge in [-0.2, -0.15) is 0 Å². The van der Waals surface area contributed by atoms with Crippen molar-refractivity contribution in [2.24, 2.45) is 0 Å². The molecule has 1 atom stereocenters. The Morgan fingerprint density at radius 3 is 2.29 bits per heavy atom. The molecule has 0 unspecified atom stereocenters. The average molecular weight is 347 g/mol. The number of nitrogens with one attached hydrogen (secondary N) is 1. The van der Waals surface area contributed by atoms with Crippen LogP contribution in [0.1, 0.15) is 39.0 Å². The predicted octanol–water partition coefficient (Wildman–Crippen LogP) is 3.79. The van der Waals surface area contributed by atoms with Gasteiger partial charge in [-0.25, -0.2) is 4.79 Å².